The predicted octanol–water partition coefficient (Wildman–Crippen LogP) is 1.08. The molecule has 2 heterocycles. The lowest BCUT2D eigenvalue weighted by molar-refractivity contribution is -0.142. The van der Waals surface area contributed by atoms with E-state index in [4.69, 9.17) is 11.1 Å². The molecule has 2 aliphatic heterocycles. The normalized spacial score (nSPS) is 22.9. The van der Waals surface area contributed by atoms with E-state index in [9.17, 15) is 14.7 Å². The second-order valence-corrected chi connectivity index (χ2v) is 9.50. The van der Waals surface area contributed by atoms with E-state index in [0.717, 1.165) is 24.0 Å². The van der Waals surface area contributed by atoms with Gasteiger partial charge in [0.25, 0.3) is 5.91 Å². The molecule has 33 heavy (non-hydrogen) atoms. The summed E-state index contributed by atoms with van der Waals surface area (Å²) in [6, 6.07) is 7.54. The van der Waals surface area contributed by atoms with Gasteiger partial charge in [0.15, 0.2) is 0 Å². The Balaban J connectivity index is 1.47. The number of β-amino-alcohol motifs (C(OH)–C–C–N with tert-alkyl or cyclic N) is 1. The van der Waals surface area contributed by atoms with Gasteiger partial charge >= 0.3 is 0 Å². The first-order chi connectivity index (χ1) is 15.7. The highest BCUT2D eigenvalue weighted by atomic mass is 16.3. The number of aliphatic imine (C=N–C) groups is 1. The maximum absolute atomic E-state index is 13.0. The van der Waals surface area contributed by atoms with Crippen molar-refractivity contribution in [1.82, 2.24) is 15.1 Å². The number of aliphatic hydroxyl groups is 1. The first-order valence-electron chi connectivity index (χ1n) is 11.4. The van der Waals surface area contributed by atoms with Crippen LogP contribution in [0.3, 0.4) is 0 Å². The van der Waals surface area contributed by atoms with Crippen molar-refractivity contribution in [2.45, 2.75) is 44.8 Å². The fourth-order valence-corrected chi connectivity index (χ4v) is 4.38. The number of nitrogens with zero attached hydrogens (tertiary/aromatic N) is 3. The summed E-state index contributed by atoms with van der Waals surface area (Å²) in [5.41, 5.74) is 6.70. The second kappa shape index (κ2) is 8.72. The highest BCUT2D eigenvalue weighted by Gasteiger charge is 2.48. The Morgan fingerprint density at radius 2 is 1.85 bits per heavy atom. The highest BCUT2D eigenvalue weighted by Crippen LogP contribution is 2.47. The van der Waals surface area contributed by atoms with E-state index < -0.39 is 11.5 Å². The van der Waals surface area contributed by atoms with Gasteiger partial charge in [-0.05, 0) is 36.8 Å². The summed E-state index contributed by atoms with van der Waals surface area (Å²) in [6.45, 7) is 3.40. The minimum Gasteiger partial charge on any atom is -0.388 e. The Morgan fingerprint density at radius 3 is 2.39 bits per heavy atom. The monoisotopic (exact) mass is 452 g/mol. The van der Waals surface area contributed by atoms with E-state index in [2.05, 4.69) is 10.3 Å². The van der Waals surface area contributed by atoms with Crippen molar-refractivity contribution in [3.8, 4) is 0 Å². The molecule has 1 aromatic rings. The summed E-state index contributed by atoms with van der Waals surface area (Å²) in [7, 11) is 1.72. The highest BCUT2D eigenvalue weighted by molar-refractivity contribution is 6.47. The standard InChI is InChI=1S/C24H32N6O3/c1-23(7-8-23)22(32)29-11-9-24(33,10-12-29)14-30-15-28-20(18(26)21(30)31)19(27-2)17-5-3-16(13-25)4-6-17/h3-6,15,26-27,33H,7-14,25H2,1-2H3/b20-19+,26-18?. The van der Waals surface area contributed by atoms with E-state index in [1.165, 1.54) is 11.2 Å². The van der Waals surface area contributed by atoms with Crippen LogP contribution >= 0.6 is 0 Å². The first-order valence-corrected chi connectivity index (χ1v) is 11.4. The summed E-state index contributed by atoms with van der Waals surface area (Å²) in [5, 5.41) is 22.6. The molecule has 0 bridgehead atoms. The van der Waals surface area contributed by atoms with Crippen LogP contribution in [-0.2, 0) is 16.1 Å². The third kappa shape index (κ3) is 4.56. The number of nitrogens with two attached hydrogens (primary N) is 1. The lowest BCUT2D eigenvalue weighted by atomic mass is 9.89. The van der Waals surface area contributed by atoms with Crippen molar-refractivity contribution in [3.05, 3.63) is 41.1 Å². The van der Waals surface area contributed by atoms with E-state index >= 15 is 0 Å². The number of piperidine rings is 1. The number of likely N-dealkylation sites (tertiary alicyclic amines) is 1. The van der Waals surface area contributed by atoms with Crippen LogP contribution < -0.4 is 11.1 Å². The average Bonchev–Trinajstić information content (AvgIpc) is 3.58. The molecule has 3 aliphatic rings. The summed E-state index contributed by atoms with van der Waals surface area (Å²) < 4.78 is 0. The molecule has 1 saturated carbocycles. The number of carbonyl (C=O) groups excluding carboxylic acids is 2. The van der Waals surface area contributed by atoms with Crippen molar-refractivity contribution in [3.63, 3.8) is 0 Å². The van der Waals surface area contributed by atoms with Gasteiger partial charge in [-0.15, -0.1) is 0 Å². The maximum Gasteiger partial charge on any atom is 0.279 e. The SMILES string of the molecule is CN/C(=C1/N=CN(CC2(O)CCN(C(=O)C3(C)CC3)CC2)C(=O)C1=N)c1ccc(CN)cc1. The van der Waals surface area contributed by atoms with Gasteiger partial charge in [-0.1, -0.05) is 31.2 Å². The van der Waals surface area contributed by atoms with Crippen LogP contribution in [0.4, 0.5) is 0 Å². The lowest BCUT2D eigenvalue weighted by Crippen LogP contribution is -2.55. The Kier molecular flexibility index (Phi) is 6.11. The predicted molar refractivity (Wildman–Crippen MR) is 126 cm³/mol. The molecule has 5 N–H and O–H groups in total. The Labute approximate surface area is 193 Å². The van der Waals surface area contributed by atoms with Crippen molar-refractivity contribution >= 4 is 29.6 Å². The summed E-state index contributed by atoms with van der Waals surface area (Å²) >= 11 is 0. The van der Waals surface area contributed by atoms with Crippen LogP contribution in [-0.4, -0.2) is 71.1 Å². The summed E-state index contributed by atoms with van der Waals surface area (Å²) in [6.07, 6.45) is 4.02. The molecule has 1 aliphatic carbocycles. The first kappa shape index (κ1) is 23.1. The molecule has 0 radical (unpaired) electrons. The number of hydrogen-bond donors (Lipinski definition) is 4. The molecule has 0 aromatic heterocycles. The molecule has 2 amide bonds. The number of rotatable bonds is 6. The topological polar surface area (TPSA) is 135 Å². The maximum atomic E-state index is 13.0. The van der Waals surface area contributed by atoms with Crippen LogP contribution in [0.5, 0.6) is 0 Å². The molecule has 2 fully saturated rings. The van der Waals surface area contributed by atoms with Gasteiger partial charge in [0.05, 0.1) is 24.2 Å². The molecule has 1 aromatic carbocycles. The smallest absolute Gasteiger partial charge is 0.279 e. The largest absolute Gasteiger partial charge is 0.388 e. The van der Waals surface area contributed by atoms with Gasteiger partial charge in [-0.3, -0.25) is 19.9 Å². The van der Waals surface area contributed by atoms with Gasteiger partial charge in [-0.2, -0.15) is 0 Å². The van der Waals surface area contributed by atoms with Crippen molar-refractivity contribution < 1.29 is 14.7 Å². The van der Waals surface area contributed by atoms with Gasteiger partial charge in [0.1, 0.15) is 11.4 Å². The fraction of sp³-hybridized carbons (Fsp3) is 0.500. The summed E-state index contributed by atoms with van der Waals surface area (Å²) in [4.78, 5) is 33.1. The molecule has 1 saturated heterocycles. The lowest BCUT2D eigenvalue weighted by Gasteiger charge is -2.41. The van der Waals surface area contributed by atoms with E-state index in [0.29, 0.717) is 38.2 Å². The van der Waals surface area contributed by atoms with Crippen LogP contribution in [0.2, 0.25) is 0 Å². The van der Waals surface area contributed by atoms with E-state index in [-0.39, 0.29) is 29.3 Å². The van der Waals surface area contributed by atoms with E-state index in [1.54, 1.807) is 7.05 Å². The molecule has 9 heteroatoms. The third-order valence-electron chi connectivity index (χ3n) is 6.97. The Hall–Kier alpha value is -3.04. The van der Waals surface area contributed by atoms with Crippen molar-refractivity contribution in [2.24, 2.45) is 16.1 Å². The van der Waals surface area contributed by atoms with Crippen molar-refractivity contribution in [1.29, 1.82) is 5.41 Å². The molecular formula is C24H32N6O3. The van der Waals surface area contributed by atoms with Gasteiger partial charge in [0, 0.05) is 32.1 Å². The zero-order valence-corrected chi connectivity index (χ0v) is 19.2. The third-order valence-corrected chi connectivity index (χ3v) is 6.97. The van der Waals surface area contributed by atoms with Crippen LogP contribution in [0.15, 0.2) is 35.0 Å². The molecule has 176 valence electrons. The summed E-state index contributed by atoms with van der Waals surface area (Å²) in [5.74, 6) is -0.348. The average molecular weight is 453 g/mol. The molecule has 0 unspecified atom stereocenters. The van der Waals surface area contributed by atoms with Gasteiger partial charge in [-0.25, -0.2) is 4.99 Å². The fourth-order valence-electron chi connectivity index (χ4n) is 4.38. The van der Waals surface area contributed by atoms with Crippen LogP contribution in [0.1, 0.15) is 43.7 Å². The van der Waals surface area contributed by atoms with Gasteiger partial charge < -0.3 is 21.1 Å². The molecule has 4 rings (SSSR count). The van der Waals surface area contributed by atoms with Crippen LogP contribution in [0.25, 0.3) is 5.70 Å². The number of amides is 2. The zero-order valence-electron chi connectivity index (χ0n) is 19.2. The molecule has 0 atom stereocenters. The van der Waals surface area contributed by atoms with Gasteiger partial charge in [0.2, 0.25) is 5.91 Å². The Morgan fingerprint density at radius 1 is 1.21 bits per heavy atom. The van der Waals surface area contributed by atoms with Crippen molar-refractivity contribution in [2.75, 3.05) is 26.7 Å². The minimum absolute atomic E-state index is 0.0460. The Bertz CT molecular complexity index is 1020. The molecule has 9 nitrogen and oxygen atoms in total. The van der Waals surface area contributed by atoms with Crippen LogP contribution in [0, 0.1) is 10.8 Å². The molecule has 0 spiro atoms. The minimum atomic E-state index is -1.12. The molecular weight excluding hydrogens is 420 g/mol. The number of nitrogens with one attached hydrogen (secondary N) is 2. The number of benzene rings is 1. The second-order valence-electron chi connectivity index (χ2n) is 9.50. The number of hydrogen-bond acceptors (Lipinski definition) is 7. The van der Waals surface area contributed by atoms with E-state index in [1.807, 2.05) is 36.1 Å². The number of carbonyl (C=O) groups is 2. The zero-order chi connectivity index (χ0) is 23.8. The quantitative estimate of drug-likeness (QED) is 0.512.